The first-order valence-electron chi connectivity index (χ1n) is 5.93. The first-order valence-corrected chi connectivity index (χ1v) is 5.93. The van der Waals surface area contributed by atoms with Gasteiger partial charge in [0.25, 0.3) is 5.91 Å². The molecular formula is C14H15NO3. The third kappa shape index (κ3) is 2.59. The van der Waals surface area contributed by atoms with Crippen molar-refractivity contribution in [2.75, 3.05) is 13.2 Å². The van der Waals surface area contributed by atoms with Crippen molar-refractivity contribution >= 4 is 11.9 Å². The van der Waals surface area contributed by atoms with Gasteiger partial charge in [-0.05, 0) is 18.6 Å². The van der Waals surface area contributed by atoms with Gasteiger partial charge in [-0.15, -0.1) is 0 Å². The Morgan fingerprint density at radius 2 is 2.22 bits per heavy atom. The third-order valence-corrected chi connectivity index (χ3v) is 2.76. The number of ether oxygens (including phenoxy) is 1. The normalized spacial score (nSPS) is 14.1. The van der Waals surface area contributed by atoms with Crippen molar-refractivity contribution < 1.29 is 14.3 Å². The molecule has 4 nitrogen and oxygen atoms in total. The molecule has 0 radical (unpaired) electrons. The lowest BCUT2D eigenvalue weighted by Gasteiger charge is -2.12. The number of rotatable bonds is 4. The summed E-state index contributed by atoms with van der Waals surface area (Å²) in [5.41, 5.74) is 1.79. The molecule has 1 aromatic carbocycles. The summed E-state index contributed by atoms with van der Waals surface area (Å²) in [6.45, 7) is 3.14. The largest absolute Gasteiger partial charge is 0.463 e. The van der Waals surface area contributed by atoms with Crippen LogP contribution in [-0.4, -0.2) is 29.9 Å². The fourth-order valence-electron chi connectivity index (χ4n) is 1.93. The monoisotopic (exact) mass is 245 g/mol. The van der Waals surface area contributed by atoms with E-state index in [1.54, 1.807) is 17.9 Å². The number of hydrogen-bond donors (Lipinski definition) is 0. The molecular weight excluding hydrogens is 230 g/mol. The first kappa shape index (κ1) is 12.4. The first-order chi connectivity index (χ1) is 8.72. The maximum Gasteiger partial charge on any atom is 0.330 e. The van der Waals surface area contributed by atoms with Gasteiger partial charge >= 0.3 is 5.97 Å². The van der Waals surface area contributed by atoms with Crippen LogP contribution >= 0.6 is 0 Å². The van der Waals surface area contributed by atoms with Gasteiger partial charge in [-0.2, -0.15) is 0 Å². The second-order valence-corrected chi connectivity index (χ2v) is 4.00. The minimum Gasteiger partial charge on any atom is -0.463 e. The number of nitrogens with zero attached hydrogens (tertiary/aromatic N) is 1. The van der Waals surface area contributed by atoms with Gasteiger partial charge in [0.05, 0.1) is 6.61 Å². The zero-order chi connectivity index (χ0) is 13.0. The highest BCUT2D eigenvalue weighted by molar-refractivity contribution is 5.98. The van der Waals surface area contributed by atoms with Crippen molar-refractivity contribution in [2.24, 2.45) is 0 Å². The highest BCUT2D eigenvalue weighted by Crippen LogP contribution is 2.21. The predicted octanol–water partition coefficient (Wildman–Crippen LogP) is 1.76. The number of esters is 1. The second-order valence-electron chi connectivity index (χ2n) is 4.00. The van der Waals surface area contributed by atoms with E-state index in [2.05, 4.69) is 0 Å². The van der Waals surface area contributed by atoms with Gasteiger partial charge in [0.15, 0.2) is 0 Å². The molecule has 2 rings (SSSR count). The maximum atomic E-state index is 12.0. The molecule has 0 spiro atoms. The SMILES string of the molecule is CCOC(=O)/C=C/CN1Cc2ccccc2C1=O. The van der Waals surface area contributed by atoms with Crippen molar-refractivity contribution in [3.05, 3.63) is 47.5 Å². The van der Waals surface area contributed by atoms with Crippen LogP contribution in [0.15, 0.2) is 36.4 Å². The molecule has 4 heteroatoms. The molecule has 0 saturated carbocycles. The fraction of sp³-hybridized carbons (Fsp3) is 0.286. The van der Waals surface area contributed by atoms with Crippen LogP contribution in [0.25, 0.3) is 0 Å². The molecule has 0 saturated heterocycles. The highest BCUT2D eigenvalue weighted by Gasteiger charge is 2.25. The summed E-state index contributed by atoms with van der Waals surface area (Å²) in [6.07, 6.45) is 3.02. The van der Waals surface area contributed by atoms with Crippen LogP contribution < -0.4 is 0 Å². The minimum absolute atomic E-state index is 0.0131. The van der Waals surface area contributed by atoms with E-state index in [0.29, 0.717) is 19.7 Å². The van der Waals surface area contributed by atoms with Crippen LogP contribution in [0.1, 0.15) is 22.8 Å². The second kappa shape index (κ2) is 5.49. The number of fused-ring (bicyclic) bond motifs is 1. The van der Waals surface area contributed by atoms with Gasteiger partial charge in [-0.1, -0.05) is 24.3 Å². The average Bonchev–Trinajstić information content (AvgIpc) is 2.68. The molecule has 94 valence electrons. The summed E-state index contributed by atoms with van der Waals surface area (Å²) >= 11 is 0. The van der Waals surface area contributed by atoms with E-state index < -0.39 is 0 Å². The van der Waals surface area contributed by atoms with Crippen molar-refractivity contribution in [2.45, 2.75) is 13.5 Å². The van der Waals surface area contributed by atoms with Gasteiger partial charge in [0.1, 0.15) is 0 Å². The van der Waals surface area contributed by atoms with E-state index in [1.165, 1.54) is 6.08 Å². The molecule has 18 heavy (non-hydrogen) atoms. The summed E-state index contributed by atoms with van der Waals surface area (Å²) < 4.78 is 4.77. The van der Waals surface area contributed by atoms with Gasteiger partial charge in [0, 0.05) is 24.7 Å². The smallest absolute Gasteiger partial charge is 0.330 e. The van der Waals surface area contributed by atoms with Crippen LogP contribution in [0.2, 0.25) is 0 Å². The Kier molecular flexibility index (Phi) is 3.77. The molecule has 1 aromatic rings. The molecule has 1 aliphatic rings. The molecule has 0 unspecified atom stereocenters. The molecule has 0 atom stereocenters. The van der Waals surface area contributed by atoms with E-state index in [0.717, 1.165) is 11.1 Å². The predicted molar refractivity (Wildman–Crippen MR) is 67.0 cm³/mol. The molecule has 0 N–H and O–H groups in total. The van der Waals surface area contributed by atoms with E-state index in [1.807, 2.05) is 24.3 Å². The zero-order valence-electron chi connectivity index (χ0n) is 10.3. The Morgan fingerprint density at radius 3 is 2.94 bits per heavy atom. The number of carbonyl (C=O) groups is 2. The van der Waals surface area contributed by atoms with E-state index in [4.69, 9.17) is 4.74 Å². The topological polar surface area (TPSA) is 46.6 Å². The Labute approximate surface area is 106 Å². The summed E-state index contributed by atoms with van der Waals surface area (Å²) in [4.78, 5) is 24.8. The lowest BCUT2D eigenvalue weighted by atomic mass is 10.1. The molecule has 1 heterocycles. The highest BCUT2D eigenvalue weighted by atomic mass is 16.5. The van der Waals surface area contributed by atoms with Gasteiger partial charge in [0.2, 0.25) is 0 Å². The Morgan fingerprint density at radius 1 is 1.44 bits per heavy atom. The quantitative estimate of drug-likeness (QED) is 0.600. The van der Waals surface area contributed by atoms with Crippen molar-refractivity contribution in [1.29, 1.82) is 0 Å². The Hall–Kier alpha value is -2.10. The van der Waals surface area contributed by atoms with Crippen LogP contribution in [0, 0.1) is 0 Å². The van der Waals surface area contributed by atoms with Crippen LogP contribution in [0.3, 0.4) is 0 Å². The number of benzene rings is 1. The number of amides is 1. The Bertz CT molecular complexity index is 494. The lowest BCUT2D eigenvalue weighted by Crippen LogP contribution is -2.23. The van der Waals surface area contributed by atoms with Crippen LogP contribution in [0.5, 0.6) is 0 Å². The number of carbonyl (C=O) groups excluding carboxylic acids is 2. The van der Waals surface area contributed by atoms with E-state index in [9.17, 15) is 9.59 Å². The summed E-state index contributed by atoms with van der Waals surface area (Å²) in [5.74, 6) is -0.360. The van der Waals surface area contributed by atoms with Crippen LogP contribution in [0.4, 0.5) is 0 Å². The van der Waals surface area contributed by atoms with Crippen LogP contribution in [-0.2, 0) is 16.1 Å². The molecule has 1 amide bonds. The maximum absolute atomic E-state index is 12.0. The number of hydrogen-bond acceptors (Lipinski definition) is 3. The molecule has 0 aliphatic carbocycles. The molecule has 1 aliphatic heterocycles. The van der Waals surface area contributed by atoms with Crippen molar-refractivity contribution in [3.8, 4) is 0 Å². The Balaban J connectivity index is 1.94. The zero-order valence-corrected chi connectivity index (χ0v) is 10.3. The van der Waals surface area contributed by atoms with Gasteiger partial charge < -0.3 is 9.64 Å². The average molecular weight is 245 g/mol. The molecule has 0 aromatic heterocycles. The van der Waals surface area contributed by atoms with Gasteiger partial charge in [-0.3, -0.25) is 4.79 Å². The summed E-state index contributed by atoms with van der Waals surface area (Å²) in [7, 11) is 0. The fourth-order valence-corrected chi connectivity index (χ4v) is 1.93. The molecule has 0 bridgehead atoms. The van der Waals surface area contributed by atoms with Crippen molar-refractivity contribution in [1.82, 2.24) is 4.90 Å². The molecule has 0 fully saturated rings. The van der Waals surface area contributed by atoms with Gasteiger partial charge in [-0.25, -0.2) is 4.79 Å². The van der Waals surface area contributed by atoms with Crippen molar-refractivity contribution in [3.63, 3.8) is 0 Å². The third-order valence-electron chi connectivity index (χ3n) is 2.76. The van der Waals surface area contributed by atoms with E-state index >= 15 is 0 Å². The summed E-state index contributed by atoms with van der Waals surface area (Å²) in [6, 6.07) is 7.55. The minimum atomic E-state index is -0.373. The van der Waals surface area contributed by atoms with E-state index in [-0.39, 0.29) is 11.9 Å². The standard InChI is InChI=1S/C14H15NO3/c1-2-18-13(16)8-5-9-15-10-11-6-3-4-7-12(11)14(15)17/h3-8H,2,9-10H2,1H3/b8-5+. The lowest BCUT2D eigenvalue weighted by molar-refractivity contribution is -0.137. The summed E-state index contributed by atoms with van der Waals surface area (Å²) in [5, 5.41) is 0.